The van der Waals surface area contributed by atoms with Gasteiger partial charge >= 0.3 is 13.1 Å². The third-order valence-corrected chi connectivity index (χ3v) is 4.21. The summed E-state index contributed by atoms with van der Waals surface area (Å²) in [6.45, 7) is 0. The fourth-order valence-corrected chi connectivity index (χ4v) is 3.32. The van der Waals surface area contributed by atoms with Crippen LogP contribution in [0.3, 0.4) is 0 Å². The predicted octanol–water partition coefficient (Wildman–Crippen LogP) is -1.23. The second-order valence-electron chi connectivity index (χ2n) is 5.16. The lowest BCUT2D eigenvalue weighted by atomic mass is 9.70. The molecule has 0 spiro atoms. The van der Waals surface area contributed by atoms with E-state index in [9.17, 15) is 9.90 Å². The minimum Gasteiger partial charge on any atom is -0.480 e. The molecule has 17 heavy (non-hydrogen) atoms. The van der Waals surface area contributed by atoms with E-state index in [4.69, 9.17) is 15.8 Å². The summed E-state index contributed by atoms with van der Waals surface area (Å²) in [4.78, 5) is 11.4. The van der Waals surface area contributed by atoms with Crippen molar-refractivity contribution in [1.29, 1.82) is 0 Å². The first-order valence-corrected chi connectivity index (χ1v) is 6.10. The number of rotatable bonds is 5. The van der Waals surface area contributed by atoms with Gasteiger partial charge in [-0.25, -0.2) is 0 Å². The Kier molecular flexibility index (Phi) is 3.44. The van der Waals surface area contributed by atoms with Crippen LogP contribution in [-0.2, 0) is 4.79 Å². The standard InChI is InChI=1S/C10H19BN2O4/c12-10(9(14)15)6(2-1-5-11(16)17)7-3-4-8(10)13-7/h6-8,13,16-17H,1-5,12H2,(H,14,15)/t6?,7-,8?,10?/m1/s1. The fraction of sp³-hybridized carbons (Fsp3) is 0.900. The highest BCUT2D eigenvalue weighted by Gasteiger charge is 2.60. The van der Waals surface area contributed by atoms with Gasteiger partial charge in [-0.05, 0) is 25.6 Å². The van der Waals surface area contributed by atoms with E-state index in [-0.39, 0.29) is 24.3 Å². The fourth-order valence-electron chi connectivity index (χ4n) is 3.32. The van der Waals surface area contributed by atoms with Crippen molar-refractivity contribution in [3.63, 3.8) is 0 Å². The van der Waals surface area contributed by atoms with Gasteiger partial charge in [-0.15, -0.1) is 0 Å². The van der Waals surface area contributed by atoms with E-state index in [1.807, 2.05) is 0 Å². The van der Waals surface area contributed by atoms with E-state index in [0.717, 1.165) is 12.8 Å². The van der Waals surface area contributed by atoms with Crippen LogP contribution in [0.2, 0.25) is 6.32 Å². The molecular weight excluding hydrogens is 223 g/mol. The van der Waals surface area contributed by atoms with Crippen molar-refractivity contribution in [2.45, 2.75) is 49.6 Å². The van der Waals surface area contributed by atoms with Gasteiger partial charge in [-0.3, -0.25) is 4.79 Å². The molecule has 2 aliphatic heterocycles. The molecule has 6 nitrogen and oxygen atoms in total. The average molecular weight is 242 g/mol. The molecule has 2 saturated heterocycles. The van der Waals surface area contributed by atoms with Gasteiger partial charge in [0.2, 0.25) is 0 Å². The molecule has 0 aromatic rings. The van der Waals surface area contributed by atoms with Crippen molar-refractivity contribution in [3.05, 3.63) is 0 Å². The molecule has 6 N–H and O–H groups in total. The van der Waals surface area contributed by atoms with Crippen LogP contribution in [0.4, 0.5) is 0 Å². The first-order valence-electron chi connectivity index (χ1n) is 6.10. The van der Waals surface area contributed by atoms with Crippen LogP contribution in [0.1, 0.15) is 25.7 Å². The van der Waals surface area contributed by atoms with E-state index in [0.29, 0.717) is 12.8 Å². The SMILES string of the molecule is NC1(C(=O)O)C2CC[C@@H](N2)C1CCCB(O)O. The van der Waals surface area contributed by atoms with Gasteiger partial charge in [-0.2, -0.15) is 0 Å². The summed E-state index contributed by atoms with van der Waals surface area (Å²) < 4.78 is 0. The van der Waals surface area contributed by atoms with Crippen LogP contribution in [0.15, 0.2) is 0 Å². The first kappa shape index (κ1) is 12.8. The minimum atomic E-state index is -1.32. The van der Waals surface area contributed by atoms with E-state index < -0.39 is 18.6 Å². The summed E-state index contributed by atoms with van der Waals surface area (Å²) in [6.07, 6.45) is 3.24. The monoisotopic (exact) mass is 242 g/mol. The van der Waals surface area contributed by atoms with Crippen molar-refractivity contribution in [1.82, 2.24) is 5.32 Å². The number of carbonyl (C=O) groups is 1. The summed E-state index contributed by atoms with van der Waals surface area (Å²) in [5, 5.41) is 30.1. The van der Waals surface area contributed by atoms with Crippen LogP contribution in [-0.4, -0.2) is 45.9 Å². The Morgan fingerprint density at radius 2 is 2.18 bits per heavy atom. The average Bonchev–Trinajstić information content (AvgIpc) is 2.80. The number of nitrogens with two attached hydrogens (primary N) is 1. The van der Waals surface area contributed by atoms with Gasteiger partial charge in [0, 0.05) is 18.0 Å². The number of hydrogen-bond donors (Lipinski definition) is 5. The molecule has 0 amide bonds. The maximum absolute atomic E-state index is 11.4. The second-order valence-corrected chi connectivity index (χ2v) is 5.16. The van der Waals surface area contributed by atoms with Gasteiger partial charge < -0.3 is 26.2 Å². The van der Waals surface area contributed by atoms with Gasteiger partial charge in [0.25, 0.3) is 0 Å². The summed E-state index contributed by atoms with van der Waals surface area (Å²) in [6, 6.07) is 0.0194. The molecule has 0 saturated carbocycles. The summed E-state index contributed by atoms with van der Waals surface area (Å²) in [5.41, 5.74) is 4.87. The molecule has 2 heterocycles. The Balaban J connectivity index is 2.01. The summed E-state index contributed by atoms with van der Waals surface area (Å²) >= 11 is 0. The Labute approximate surface area is 100 Å². The lowest BCUT2D eigenvalue weighted by molar-refractivity contribution is -0.146. The number of nitrogens with one attached hydrogen (secondary N) is 1. The van der Waals surface area contributed by atoms with Gasteiger partial charge in [0.05, 0.1) is 0 Å². The highest BCUT2D eigenvalue weighted by molar-refractivity contribution is 6.40. The minimum absolute atomic E-state index is 0.113. The summed E-state index contributed by atoms with van der Waals surface area (Å²) in [7, 11) is -1.32. The van der Waals surface area contributed by atoms with Crippen molar-refractivity contribution in [2.24, 2.45) is 11.7 Å². The normalized spacial score (nSPS) is 39.6. The highest BCUT2D eigenvalue weighted by atomic mass is 16.4. The largest absolute Gasteiger partial charge is 0.480 e. The second kappa shape index (κ2) is 4.57. The zero-order chi connectivity index (χ0) is 12.6. The van der Waals surface area contributed by atoms with Crippen LogP contribution in [0.5, 0.6) is 0 Å². The Morgan fingerprint density at radius 3 is 2.76 bits per heavy atom. The molecule has 96 valence electrons. The molecule has 7 heteroatoms. The molecule has 3 unspecified atom stereocenters. The molecule has 0 aromatic carbocycles. The van der Waals surface area contributed by atoms with E-state index >= 15 is 0 Å². The summed E-state index contributed by atoms with van der Waals surface area (Å²) in [5.74, 6) is -1.07. The molecule has 2 bridgehead atoms. The zero-order valence-corrected chi connectivity index (χ0v) is 9.67. The highest BCUT2D eigenvalue weighted by Crippen LogP contribution is 2.42. The quantitative estimate of drug-likeness (QED) is 0.385. The number of aliphatic carboxylic acids is 1. The molecule has 0 aliphatic carbocycles. The van der Waals surface area contributed by atoms with Gasteiger partial charge in [-0.1, -0.05) is 6.42 Å². The zero-order valence-electron chi connectivity index (χ0n) is 9.67. The van der Waals surface area contributed by atoms with E-state index in [1.54, 1.807) is 0 Å². The predicted molar refractivity (Wildman–Crippen MR) is 62.2 cm³/mol. The number of hydrogen-bond acceptors (Lipinski definition) is 5. The van der Waals surface area contributed by atoms with Gasteiger partial charge in [0.15, 0.2) is 0 Å². The van der Waals surface area contributed by atoms with Crippen LogP contribution >= 0.6 is 0 Å². The maximum atomic E-state index is 11.4. The Morgan fingerprint density at radius 1 is 1.47 bits per heavy atom. The topological polar surface area (TPSA) is 116 Å². The molecule has 4 atom stereocenters. The van der Waals surface area contributed by atoms with Crippen molar-refractivity contribution in [2.75, 3.05) is 0 Å². The Bertz CT molecular complexity index is 315. The number of carboxylic acids is 1. The van der Waals surface area contributed by atoms with Crippen LogP contribution in [0, 0.1) is 5.92 Å². The van der Waals surface area contributed by atoms with Crippen molar-refractivity contribution < 1.29 is 19.9 Å². The maximum Gasteiger partial charge on any atom is 0.451 e. The molecule has 2 aliphatic rings. The third kappa shape index (κ3) is 2.08. The first-order chi connectivity index (χ1) is 7.96. The van der Waals surface area contributed by atoms with E-state index in [2.05, 4.69) is 5.32 Å². The van der Waals surface area contributed by atoms with Crippen LogP contribution < -0.4 is 11.1 Å². The van der Waals surface area contributed by atoms with Crippen molar-refractivity contribution >= 4 is 13.1 Å². The van der Waals surface area contributed by atoms with Gasteiger partial charge in [0.1, 0.15) is 5.54 Å². The third-order valence-electron chi connectivity index (χ3n) is 4.21. The molecule has 0 aromatic heterocycles. The lowest BCUT2D eigenvalue weighted by Crippen LogP contribution is -2.61. The lowest BCUT2D eigenvalue weighted by Gasteiger charge is -2.35. The van der Waals surface area contributed by atoms with E-state index in [1.165, 1.54) is 0 Å². The van der Waals surface area contributed by atoms with Crippen molar-refractivity contribution in [3.8, 4) is 0 Å². The smallest absolute Gasteiger partial charge is 0.451 e. The number of fused-ring (bicyclic) bond motifs is 2. The van der Waals surface area contributed by atoms with Crippen LogP contribution in [0.25, 0.3) is 0 Å². The molecule has 2 fully saturated rings. The molecular formula is C10H19BN2O4. The molecule has 2 rings (SSSR count). The molecule has 0 radical (unpaired) electrons. The Hall–Kier alpha value is -0.625. The number of carboxylic acid groups (broad SMARTS) is 1.